The molecule has 1 N–H and O–H groups in total. The van der Waals surface area contributed by atoms with E-state index >= 15 is 0 Å². The number of hydrogen-bond acceptors (Lipinski definition) is 4. The van der Waals surface area contributed by atoms with Crippen LogP contribution >= 0.6 is 11.8 Å². The lowest BCUT2D eigenvalue weighted by Gasteiger charge is -2.16. The second-order valence-electron chi connectivity index (χ2n) is 4.58. The van der Waals surface area contributed by atoms with Gasteiger partial charge in [-0.3, -0.25) is 14.2 Å². The number of aryl methyl sites for hydroxylation is 1. The average Bonchev–Trinajstić information content (AvgIpc) is 2.80. The van der Waals surface area contributed by atoms with Gasteiger partial charge in [-0.25, -0.2) is 0 Å². The van der Waals surface area contributed by atoms with Gasteiger partial charge in [-0.1, -0.05) is 18.7 Å². The van der Waals surface area contributed by atoms with Crippen LogP contribution in [0, 0.1) is 0 Å². The highest BCUT2D eigenvalue weighted by atomic mass is 32.2. The van der Waals surface area contributed by atoms with Gasteiger partial charge < -0.3 is 0 Å². The quantitative estimate of drug-likeness (QED) is 0.859. The minimum absolute atomic E-state index is 0.0108. The fourth-order valence-electron chi connectivity index (χ4n) is 2.44. The van der Waals surface area contributed by atoms with Crippen LogP contribution in [0.3, 0.4) is 0 Å². The number of hydrogen-bond donors (Lipinski definition) is 1. The number of thioether (sulfide) groups is 1. The molecule has 2 aromatic heterocycles. The topological polar surface area (TPSA) is 63.0 Å². The summed E-state index contributed by atoms with van der Waals surface area (Å²) in [6.45, 7) is 2.15. The molecule has 0 saturated heterocycles. The summed E-state index contributed by atoms with van der Waals surface area (Å²) >= 11 is 1.70. The van der Waals surface area contributed by atoms with Gasteiger partial charge >= 0.3 is 0 Å². The lowest BCUT2D eigenvalue weighted by Crippen LogP contribution is -2.22. The Morgan fingerprint density at radius 3 is 3.00 bits per heavy atom. The summed E-state index contributed by atoms with van der Waals surface area (Å²) in [5, 5.41) is 9.17. The molecule has 0 amide bonds. The Kier molecular flexibility index (Phi) is 3.11. The largest absolute Gasteiger partial charge is 0.290 e. The molecule has 2 aromatic rings. The molecule has 18 heavy (non-hydrogen) atoms. The molecule has 0 bridgehead atoms. The molecule has 96 valence electrons. The van der Waals surface area contributed by atoms with Crippen LogP contribution in [0.25, 0.3) is 5.78 Å². The van der Waals surface area contributed by atoms with E-state index in [1.165, 1.54) is 0 Å². The van der Waals surface area contributed by atoms with Crippen LogP contribution in [0.15, 0.2) is 9.95 Å². The van der Waals surface area contributed by atoms with Crippen molar-refractivity contribution in [1.29, 1.82) is 0 Å². The predicted molar refractivity (Wildman–Crippen MR) is 71.3 cm³/mol. The summed E-state index contributed by atoms with van der Waals surface area (Å²) in [6, 6.07) is 0. The molecule has 0 fully saturated rings. The van der Waals surface area contributed by atoms with Gasteiger partial charge in [0, 0.05) is 17.0 Å². The van der Waals surface area contributed by atoms with E-state index in [0.29, 0.717) is 5.78 Å². The molecule has 5 nitrogen and oxygen atoms in total. The van der Waals surface area contributed by atoms with Crippen molar-refractivity contribution in [3.8, 4) is 0 Å². The first kappa shape index (κ1) is 11.8. The van der Waals surface area contributed by atoms with Crippen molar-refractivity contribution >= 4 is 17.5 Å². The van der Waals surface area contributed by atoms with Crippen LogP contribution in [0.2, 0.25) is 0 Å². The fourth-order valence-corrected chi connectivity index (χ4v) is 3.25. The van der Waals surface area contributed by atoms with E-state index in [2.05, 4.69) is 22.1 Å². The van der Waals surface area contributed by atoms with E-state index < -0.39 is 0 Å². The Morgan fingerprint density at radius 2 is 2.17 bits per heavy atom. The molecule has 0 spiro atoms. The summed E-state index contributed by atoms with van der Waals surface area (Å²) in [5.41, 5.74) is 2.05. The maximum Gasteiger partial charge on any atom is 0.255 e. The molecule has 0 aromatic carbocycles. The van der Waals surface area contributed by atoms with Crippen molar-refractivity contribution < 1.29 is 0 Å². The first-order valence-electron chi connectivity index (χ1n) is 6.43. The number of aromatic amines is 1. The monoisotopic (exact) mass is 264 g/mol. The highest BCUT2D eigenvalue weighted by molar-refractivity contribution is 7.99. The summed E-state index contributed by atoms with van der Waals surface area (Å²) in [6.07, 6.45) is 5.16. The summed E-state index contributed by atoms with van der Waals surface area (Å²) < 4.78 is 2.04. The summed E-state index contributed by atoms with van der Waals surface area (Å²) in [7, 11) is 0. The van der Waals surface area contributed by atoms with Gasteiger partial charge in [0.2, 0.25) is 5.78 Å². The summed E-state index contributed by atoms with van der Waals surface area (Å²) in [5.74, 6) is 1.61. The van der Waals surface area contributed by atoms with Crippen LogP contribution in [0.4, 0.5) is 0 Å². The van der Waals surface area contributed by atoms with Crippen LogP contribution in [0.1, 0.15) is 37.4 Å². The van der Waals surface area contributed by atoms with E-state index in [-0.39, 0.29) is 5.56 Å². The molecule has 0 saturated carbocycles. The van der Waals surface area contributed by atoms with Crippen LogP contribution in [-0.2, 0) is 12.8 Å². The van der Waals surface area contributed by atoms with Crippen molar-refractivity contribution in [2.75, 3.05) is 5.75 Å². The van der Waals surface area contributed by atoms with Crippen LogP contribution in [0.5, 0.6) is 0 Å². The molecule has 0 unspecified atom stereocenters. The SMILES string of the molecule is CCCSc1nnc2[nH]c(=O)c3c(n12)CCCC3. The molecular formula is C12H16N4OS. The molecule has 6 heteroatoms. The highest BCUT2D eigenvalue weighted by Gasteiger charge is 2.19. The summed E-state index contributed by atoms with van der Waals surface area (Å²) in [4.78, 5) is 14.8. The van der Waals surface area contributed by atoms with Crippen molar-refractivity contribution in [1.82, 2.24) is 19.6 Å². The second kappa shape index (κ2) is 4.76. The Morgan fingerprint density at radius 1 is 1.33 bits per heavy atom. The zero-order valence-electron chi connectivity index (χ0n) is 10.4. The van der Waals surface area contributed by atoms with Crippen molar-refractivity contribution in [3.63, 3.8) is 0 Å². The maximum atomic E-state index is 12.0. The minimum atomic E-state index is 0.0108. The number of aromatic nitrogens is 4. The number of rotatable bonds is 3. The Balaban J connectivity index is 2.20. The third-order valence-electron chi connectivity index (χ3n) is 3.28. The second-order valence-corrected chi connectivity index (χ2v) is 5.64. The van der Waals surface area contributed by atoms with E-state index in [4.69, 9.17) is 0 Å². The molecular weight excluding hydrogens is 248 g/mol. The van der Waals surface area contributed by atoms with Gasteiger partial charge in [0.05, 0.1) is 0 Å². The first-order chi connectivity index (χ1) is 8.81. The van der Waals surface area contributed by atoms with E-state index in [1.54, 1.807) is 11.8 Å². The Labute approximate surface area is 109 Å². The minimum Gasteiger partial charge on any atom is -0.290 e. The molecule has 0 aliphatic heterocycles. The molecule has 0 atom stereocenters. The predicted octanol–water partition coefficient (Wildman–Crippen LogP) is 1.80. The Bertz CT molecular complexity index is 631. The van der Waals surface area contributed by atoms with Gasteiger partial charge in [0.25, 0.3) is 5.56 Å². The standard InChI is InChI=1S/C12H16N4OS/c1-2-7-18-12-15-14-11-13-10(17)8-5-3-4-6-9(8)16(11)12/h2-7H2,1H3,(H,13,14,17). The van der Waals surface area contributed by atoms with Crippen molar-refractivity contribution in [3.05, 3.63) is 21.6 Å². The van der Waals surface area contributed by atoms with Gasteiger partial charge in [0.1, 0.15) is 0 Å². The zero-order chi connectivity index (χ0) is 12.5. The molecule has 2 heterocycles. The fraction of sp³-hybridized carbons (Fsp3) is 0.583. The third-order valence-corrected chi connectivity index (χ3v) is 4.41. The van der Waals surface area contributed by atoms with Gasteiger partial charge in [-0.05, 0) is 32.1 Å². The average molecular weight is 264 g/mol. The molecule has 1 aliphatic carbocycles. The van der Waals surface area contributed by atoms with E-state index in [1.807, 2.05) is 4.40 Å². The normalized spacial score (nSPS) is 14.9. The maximum absolute atomic E-state index is 12.0. The lowest BCUT2D eigenvalue weighted by atomic mass is 9.97. The van der Waals surface area contributed by atoms with Gasteiger partial charge in [-0.2, -0.15) is 0 Å². The molecule has 0 radical (unpaired) electrons. The van der Waals surface area contributed by atoms with E-state index in [0.717, 1.165) is 54.3 Å². The van der Waals surface area contributed by atoms with Crippen molar-refractivity contribution in [2.24, 2.45) is 0 Å². The highest BCUT2D eigenvalue weighted by Crippen LogP contribution is 2.23. The van der Waals surface area contributed by atoms with Gasteiger partial charge in [0.15, 0.2) is 5.16 Å². The Hall–Kier alpha value is -1.30. The first-order valence-corrected chi connectivity index (χ1v) is 7.41. The van der Waals surface area contributed by atoms with Crippen LogP contribution in [-0.4, -0.2) is 25.3 Å². The number of nitrogens with one attached hydrogen (secondary N) is 1. The number of fused-ring (bicyclic) bond motifs is 3. The zero-order valence-corrected chi connectivity index (χ0v) is 11.2. The van der Waals surface area contributed by atoms with Crippen molar-refractivity contribution in [2.45, 2.75) is 44.2 Å². The number of nitrogens with zero attached hydrogens (tertiary/aromatic N) is 3. The van der Waals surface area contributed by atoms with Crippen LogP contribution < -0.4 is 5.56 Å². The lowest BCUT2D eigenvalue weighted by molar-refractivity contribution is 0.639. The smallest absolute Gasteiger partial charge is 0.255 e. The van der Waals surface area contributed by atoms with Gasteiger partial charge in [-0.15, -0.1) is 10.2 Å². The molecule has 1 aliphatic rings. The third kappa shape index (κ3) is 1.84. The molecule has 3 rings (SSSR count). The van der Waals surface area contributed by atoms with E-state index in [9.17, 15) is 4.79 Å². The number of H-pyrrole nitrogens is 1.